The van der Waals surface area contributed by atoms with Gasteiger partial charge in [0.1, 0.15) is 0 Å². The van der Waals surface area contributed by atoms with Crippen molar-refractivity contribution < 1.29 is 9.90 Å². The summed E-state index contributed by atoms with van der Waals surface area (Å²) in [5.74, 6) is 0.634. The summed E-state index contributed by atoms with van der Waals surface area (Å²) in [7, 11) is 0. The Morgan fingerprint density at radius 2 is 2.10 bits per heavy atom. The Balaban J connectivity index is 1.97. The zero-order chi connectivity index (χ0) is 14.8. The molecule has 1 aromatic heterocycles. The summed E-state index contributed by atoms with van der Waals surface area (Å²) in [6.07, 6.45) is 2.44. The topological polar surface area (TPSA) is 68.0 Å². The van der Waals surface area contributed by atoms with Crippen LogP contribution < -0.4 is 0 Å². The van der Waals surface area contributed by atoms with Gasteiger partial charge < -0.3 is 5.11 Å². The molecular weight excluding hydrogens is 286 g/mol. The highest BCUT2D eigenvalue weighted by molar-refractivity contribution is 7.99. The van der Waals surface area contributed by atoms with Gasteiger partial charge in [0.05, 0.1) is 5.75 Å². The van der Waals surface area contributed by atoms with E-state index in [2.05, 4.69) is 21.7 Å². The molecule has 0 amide bonds. The van der Waals surface area contributed by atoms with Gasteiger partial charge in [0.2, 0.25) is 0 Å². The summed E-state index contributed by atoms with van der Waals surface area (Å²) in [6, 6.07) is 10.2. The number of rotatable bonds is 6. The SMILES string of the molecule is CC(C1CC1)n1c(SCC(=O)O)nnc1-c1ccccc1. The van der Waals surface area contributed by atoms with E-state index in [9.17, 15) is 4.79 Å². The minimum atomic E-state index is -0.838. The first-order valence-electron chi connectivity index (χ1n) is 7.01. The van der Waals surface area contributed by atoms with E-state index in [0.717, 1.165) is 11.4 Å². The molecule has 0 bridgehead atoms. The molecule has 6 heteroatoms. The van der Waals surface area contributed by atoms with Gasteiger partial charge in [0.25, 0.3) is 0 Å². The highest BCUT2D eigenvalue weighted by Gasteiger charge is 2.32. The molecule has 1 heterocycles. The molecule has 110 valence electrons. The summed E-state index contributed by atoms with van der Waals surface area (Å²) in [4.78, 5) is 10.8. The molecule has 1 aromatic carbocycles. The van der Waals surface area contributed by atoms with Crippen LogP contribution in [0.15, 0.2) is 35.5 Å². The van der Waals surface area contributed by atoms with Crippen molar-refractivity contribution in [1.82, 2.24) is 14.8 Å². The number of aromatic nitrogens is 3. The summed E-state index contributed by atoms with van der Waals surface area (Å²) >= 11 is 1.23. The molecule has 1 unspecified atom stereocenters. The fraction of sp³-hybridized carbons (Fsp3) is 0.400. The number of aliphatic carboxylic acids is 1. The average molecular weight is 303 g/mol. The van der Waals surface area contributed by atoms with Gasteiger partial charge in [-0.3, -0.25) is 9.36 Å². The molecule has 21 heavy (non-hydrogen) atoms. The maximum absolute atomic E-state index is 10.8. The Morgan fingerprint density at radius 1 is 1.38 bits per heavy atom. The van der Waals surface area contributed by atoms with Gasteiger partial charge in [0, 0.05) is 11.6 Å². The second kappa shape index (κ2) is 5.89. The Morgan fingerprint density at radius 3 is 2.71 bits per heavy atom. The maximum atomic E-state index is 10.8. The molecule has 1 N–H and O–H groups in total. The molecule has 2 aromatic rings. The van der Waals surface area contributed by atoms with Gasteiger partial charge in [-0.25, -0.2) is 0 Å². The first-order chi connectivity index (χ1) is 10.2. The monoisotopic (exact) mass is 303 g/mol. The zero-order valence-corrected chi connectivity index (χ0v) is 12.6. The van der Waals surface area contributed by atoms with Crippen LogP contribution in [-0.2, 0) is 4.79 Å². The predicted octanol–water partition coefficient (Wildman–Crippen LogP) is 3.09. The van der Waals surface area contributed by atoms with E-state index in [1.165, 1.54) is 24.6 Å². The number of benzene rings is 1. The second-order valence-corrected chi connectivity index (χ2v) is 6.25. The summed E-state index contributed by atoms with van der Waals surface area (Å²) < 4.78 is 2.10. The molecular formula is C15H17N3O2S. The lowest BCUT2D eigenvalue weighted by molar-refractivity contribution is -0.133. The third kappa shape index (κ3) is 3.10. The van der Waals surface area contributed by atoms with Crippen molar-refractivity contribution in [3.8, 4) is 11.4 Å². The molecule has 1 aliphatic carbocycles. The van der Waals surface area contributed by atoms with Crippen molar-refractivity contribution in [1.29, 1.82) is 0 Å². The van der Waals surface area contributed by atoms with Crippen LogP contribution in [0.25, 0.3) is 11.4 Å². The van der Waals surface area contributed by atoms with Crippen molar-refractivity contribution in [3.05, 3.63) is 30.3 Å². The minimum absolute atomic E-state index is 0.00428. The largest absolute Gasteiger partial charge is 0.481 e. The van der Waals surface area contributed by atoms with E-state index in [4.69, 9.17) is 5.11 Å². The van der Waals surface area contributed by atoms with Crippen LogP contribution >= 0.6 is 11.8 Å². The predicted molar refractivity (Wildman–Crippen MR) is 81.3 cm³/mol. The lowest BCUT2D eigenvalue weighted by Gasteiger charge is -2.17. The van der Waals surface area contributed by atoms with Crippen LogP contribution in [0, 0.1) is 5.92 Å². The van der Waals surface area contributed by atoms with Crippen molar-refractivity contribution in [2.75, 3.05) is 5.75 Å². The standard InChI is InChI=1S/C15H17N3O2S/c1-10(11-7-8-11)18-14(12-5-3-2-4-6-12)16-17-15(18)21-9-13(19)20/h2-6,10-11H,7-9H2,1H3,(H,19,20). The number of carbonyl (C=O) groups is 1. The van der Waals surface area contributed by atoms with Crippen molar-refractivity contribution >= 4 is 17.7 Å². The lowest BCUT2D eigenvalue weighted by atomic mass is 10.1. The molecule has 0 aliphatic heterocycles. The molecule has 1 atom stereocenters. The van der Waals surface area contributed by atoms with E-state index in [1.807, 2.05) is 30.3 Å². The van der Waals surface area contributed by atoms with E-state index >= 15 is 0 Å². The van der Waals surface area contributed by atoms with Gasteiger partial charge in [-0.1, -0.05) is 42.1 Å². The van der Waals surface area contributed by atoms with E-state index in [1.54, 1.807) is 0 Å². The van der Waals surface area contributed by atoms with Crippen molar-refractivity contribution in [3.63, 3.8) is 0 Å². The fourth-order valence-corrected chi connectivity index (χ4v) is 3.19. The van der Waals surface area contributed by atoms with Crippen molar-refractivity contribution in [2.24, 2.45) is 5.92 Å². The highest BCUT2D eigenvalue weighted by Crippen LogP contribution is 2.42. The number of hydrogen-bond acceptors (Lipinski definition) is 4. The molecule has 0 spiro atoms. The van der Waals surface area contributed by atoms with Gasteiger partial charge in [-0.2, -0.15) is 0 Å². The maximum Gasteiger partial charge on any atom is 0.313 e. The van der Waals surface area contributed by atoms with Crippen LogP contribution in [0.4, 0.5) is 0 Å². The van der Waals surface area contributed by atoms with E-state index in [0.29, 0.717) is 17.1 Å². The third-order valence-corrected chi connectivity index (χ3v) is 4.66. The van der Waals surface area contributed by atoms with Crippen LogP contribution in [0.1, 0.15) is 25.8 Å². The second-order valence-electron chi connectivity index (χ2n) is 5.30. The van der Waals surface area contributed by atoms with Gasteiger partial charge in [-0.15, -0.1) is 10.2 Å². The number of carboxylic acid groups (broad SMARTS) is 1. The average Bonchev–Trinajstić information content (AvgIpc) is 3.25. The fourth-order valence-electron chi connectivity index (χ4n) is 2.44. The molecule has 5 nitrogen and oxygen atoms in total. The molecule has 0 saturated heterocycles. The lowest BCUT2D eigenvalue weighted by Crippen LogP contribution is -2.11. The quantitative estimate of drug-likeness (QED) is 0.831. The minimum Gasteiger partial charge on any atom is -0.481 e. The van der Waals surface area contributed by atoms with Crippen LogP contribution in [0.3, 0.4) is 0 Å². The van der Waals surface area contributed by atoms with Gasteiger partial charge in [0.15, 0.2) is 11.0 Å². The van der Waals surface area contributed by atoms with Crippen molar-refractivity contribution in [2.45, 2.75) is 31.0 Å². The molecule has 1 aliphatic rings. The van der Waals surface area contributed by atoms with Crippen LogP contribution in [0.2, 0.25) is 0 Å². The van der Waals surface area contributed by atoms with Gasteiger partial charge in [-0.05, 0) is 25.7 Å². The van der Waals surface area contributed by atoms with E-state index < -0.39 is 5.97 Å². The Labute approximate surface area is 127 Å². The zero-order valence-electron chi connectivity index (χ0n) is 11.8. The number of hydrogen-bond donors (Lipinski definition) is 1. The summed E-state index contributed by atoms with van der Waals surface area (Å²) in [5, 5.41) is 18.1. The molecule has 1 saturated carbocycles. The third-order valence-electron chi connectivity index (χ3n) is 3.73. The first-order valence-corrected chi connectivity index (χ1v) is 8.00. The number of carboxylic acids is 1. The van der Waals surface area contributed by atoms with Gasteiger partial charge >= 0.3 is 5.97 Å². The molecule has 3 rings (SSSR count). The highest BCUT2D eigenvalue weighted by atomic mass is 32.2. The molecule has 0 radical (unpaired) electrons. The number of nitrogens with zero attached hydrogens (tertiary/aromatic N) is 3. The number of thioether (sulfide) groups is 1. The van der Waals surface area contributed by atoms with Crippen LogP contribution in [0.5, 0.6) is 0 Å². The first kappa shape index (κ1) is 14.1. The Bertz CT molecular complexity index is 638. The normalized spacial score (nSPS) is 15.9. The van der Waals surface area contributed by atoms with Crippen LogP contribution in [-0.4, -0.2) is 31.6 Å². The Hall–Kier alpha value is -1.82. The molecule has 1 fully saturated rings. The smallest absolute Gasteiger partial charge is 0.313 e. The Kier molecular flexibility index (Phi) is 3.96. The summed E-state index contributed by atoms with van der Waals surface area (Å²) in [5.41, 5.74) is 1.01. The summed E-state index contributed by atoms with van der Waals surface area (Å²) in [6.45, 7) is 2.16. The van der Waals surface area contributed by atoms with E-state index in [-0.39, 0.29) is 5.75 Å².